The molecule has 0 spiro atoms. The molecular formula is C16H24N4. The maximum Gasteiger partial charge on any atom is 0.0602 e. The molecular weight excluding hydrogens is 248 g/mol. The van der Waals surface area contributed by atoms with E-state index in [4.69, 9.17) is 0 Å². The van der Waals surface area contributed by atoms with Crippen LogP contribution in [0.1, 0.15) is 41.9 Å². The van der Waals surface area contributed by atoms with E-state index < -0.39 is 0 Å². The van der Waals surface area contributed by atoms with Crippen molar-refractivity contribution in [2.45, 2.75) is 39.7 Å². The van der Waals surface area contributed by atoms with Gasteiger partial charge in [-0.1, -0.05) is 13.0 Å². The summed E-state index contributed by atoms with van der Waals surface area (Å²) in [5, 5.41) is 7.77. The van der Waals surface area contributed by atoms with Crippen LogP contribution in [-0.2, 0) is 13.5 Å². The summed E-state index contributed by atoms with van der Waals surface area (Å²) >= 11 is 0. The van der Waals surface area contributed by atoms with Gasteiger partial charge in [-0.3, -0.25) is 9.67 Å². The van der Waals surface area contributed by atoms with Crippen LogP contribution in [0.15, 0.2) is 24.5 Å². The zero-order valence-electron chi connectivity index (χ0n) is 12.8. The molecule has 2 heterocycles. The van der Waals surface area contributed by atoms with Crippen LogP contribution in [0.2, 0.25) is 0 Å². The van der Waals surface area contributed by atoms with Crippen LogP contribution in [0, 0.1) is 13.8 Å². The van der Waals surface area contributed by atoms with Crippen molar-refractivity contribution in [3.8, 4) is 0 Å². The van der Waals surface area contributed by atoms with E-state index in [0.717, 1.165) is 19.4 Å². The van der Waals surface area contributed by atoms with Crippen LogP contribution >= 0.6 is 0 Å². The summed E-state index contributed by atoms with van der Waals surface area (Å²) in [6.07, 6.45) is 5.84. The molecule has 108 valence electrons. The van der Waals surface area contributed by atoms with E-state index in [2.05, 4.69) is 48.3 Å². The maximum atomic E-state index is 4.63. The van der Waals surface area contributed by atoms with Crippen molar-refractivity contribution >= 4 is 0 Å². The molecule has 0 saturated heterocycles. The summed E-state index contributed by atoms with van der Waals surface area (Å²) in [5.74, 6) is 0. The number of aromatic nitrogens is 3. The minimum atomic E-state index is 0.301. The third-order valence-corrected chi connectivity index (χ3v) is 3.65. The predicted molar refractivity (Wildman–Crippen MR) is 81.7 cm³/mol. The fraction of sp³-hybridized carbons (Fsp3) is 0.500. The Hall–Kier alpha value is -1.68. The molecule has 0 aliphatic heterocycles. The van der Waals surface area contributed by atoms with Gasteiger partial charge < -0.3 is 5.32 Å². The maximum absolute atomic E-state index is 4.63. The number of hydrogen-bond donors (Lipinski definition) is 1. The molecule has 0 aromatic carbocycles. The molecule has 1 N–H and O–H groups in total. The molecule has 0 radical (unpaired) electrons. The van der Waals surface area contributed by atoms with Crippen LogP contribution in [0.25, 0.3) is 0 Å². The fourth-order valence-corrected chi connectivity index (χ4v) is 2.61. The molecule has 0 saturated carbocycles. The molecule has 20 heavy (non-hydrogen) atoms. The molecule has 0 aliphatic rings. The molecule has 0 bridgehead atoms. The lowest BCUT2D eigenvalue weighted by Gasteiger charge is -2.19. The molecule has 1 atom stereocenters. The highest BCUT2D eigenvalue weighted by molar-refractivity contribution is 5.25. The monoisotopic (exact) mass is 272 g/mol. The minimum absolute atomic E-state index is 0.301. The highest BCUT2D eigenvalue weighted by Gasteiger charge is 2.15. The lowest BCUT2D eigenvalue weighted by molar-refractivity contribution is 0.493. The van der Waals surface area contributed by atoms with Crippen molar-refractivity contribution in [1.29, 1.82) is 0 Å². The van der Waals surface area contributed by atoms with E-state index in [1.807, 2.05) is 24.1 Å². The van der Waals surface area contributed by atoms with Crippen molar-refractivity contribution in [1.82, 2.24) is 20.1 Å². The summed E-state index contributed by atoms with van der Waals surface area (Å²) in [6, 6.07) is 4.59. The first kappa shape index (κ1) is 14.7. The van der Waals surface area contributed by atoms with Gasteiger partial charge in [0.15, 0.2) is 0 Å². The fourth-order valence-electron chi connectivity index (χ4n) is 2.61. The second-order valence-electron chi connectivity index (χ2n) is 5.31. The SMILES string of the molecule is CCNC(CCc1ccnn1C)c1ncc(C)cc1C. The third-order valence-electron chi connectivity index (χ3n) is 3.65. The minimum Gasteiger partial charge on any atom is -0.309 e. The van der Waals surface area contributed by atoms with Crippen LogP contribution in [0.5, 0.6) is 0 Å². The van der Waals surface area contributed by atoms with Gasteiger partial charge >= 0.3 is 0 Å². The number of nitrogens with zero attached hydrogens (tertiary/aromatic N) is 3. The summed E-state index contributed by atoms with van der Waals surface area (Å²) in [7, 11) is 1.99. The van der Waals surface area contributed by atoms with Gasteiger partial charge in [-0.15, -0.1) is 0 Å². The van der Waals surface area contributed by atoms with Gasteiger partial charge in [0.05, 0.1) is 11.7 Å². The van der Waals surface area contributed by atoms with Gasteiger partial charge in [-0.05, 0) is 50.4 Å². The van der Waals surface area contributed by atoms with Gasteiger partial charge in [0.1, 0.15) is 0 Å². The molecule has 0 fully saturated rings. The topological polar surface area (TPSA) is 42.7 Å². The van der Waals surface area contributed by atoms with Gasteiger partial charge in [-0.25, -0.2) is 0 Å². The number of aryl methyl sites for hydroxylation is 4. The van der Waals surface area contributed by atoms with Crippen LogP contribution in [0.4, 0.5) is 0 Å². The van der Waals surface area contributed by atoms with Crippen LogP contribution in [0.3, 0.4) is 0 Å². The largest absolute Gasteiger partial charge is 0.309 e. The summed E-state index contributed by atoms with van der Waals surface area (Å²) < 4.78 is 1.94. The van der Waals surface area contributed by atoms with E-state index in [1.165, 1.54) is 22.5 Å². The number of nitrogens with one attached hydrogen (secondary N) is 1. The van der Waals surface area contributed by atoms with Crippen molar-refractivity contribution in [3.63, 3.8) is 0 Å². The first-order valence-electron chi connectivity index (χ1n) is 7.25. The zero-order chi connectivity index (χ0) is 14.5. The van der Waals surface area contributed by atoms with Gasteiger partial charge in [0.25, 0.3) is 0 Å². The standard InChI is InChI=1S/C16H24N4/c1-5-17-15(7-6-14-8-9-19-20(14)4)16-13(3)10-12(2)11-18-16/h8-11,15,17H,5-7H2,1-4H3. The van der Waals surface area contributed by atoms with Crippen LogP contribution < -0.4 is 5.32 Å². The Bertz CT molecular complexity index is 559. The van der Waals surface area contributed by atoms with E-state index >= 15 is 0 Å². The summed E-state index contributed by atoms with van der Waals surface area (Å²) in [6.45, 7) is 7.32. The number of pyridine rings is 1. The number of hydrogen-bond acceptors (Lipinski definition) is 3. The van der Waals surface area contributed by atoms with Gasteiger partial charge in [-0.2, -0.15) is 5.10 Å². The Morgan fingerprint density at radius 1 is 1.35 bits per heavy atom. The lowest BCUT2D eigenvalue weighted by atomic mass is 10.0. The highest BCUT2D eigenvalue weighted by Crippen LogP contribution is 2.21. The smallest absolute Gasteiger partial charge is 0.0602 e. The van der Waals surface area contributed by atoms with Crippen molar-refractivity contribution in [3.05, 3.63) is 47.0 Å². The Morgan fingerprint density at radius 2 is 2.15 bits per heavy atom. The summed E-state index contributed by atoms with van der Waals surface area (Å²) in [4.78, 5) is 4.63. The Kier molecular flexibility index (Phi) is 4.90. The molecule has 0 amide bonds. The molecule has 1 unspecified atom stereocenters. The summed E-state index contributed by atoms with van der Waals surface area (Å²) in [5.41, 5.74) is 4.91. The van der Waals surface area contributed by atoms with Gasteiger partial charge in [0.2, 0.25) is 0 Å². The second kappa shape index (κ2) is 6.66. The van der Waals surface area contributed by atoms with E-state index in [9.17, 15) is 0 Å². The second-order valence-corrected chi connectivity index (χ2v) is 5.31. The normalized spacial score (nSPS) is 12.6. The molecule has 4 heteroatoms. The predicted octanol–water partition coefficient (Wildman–Crippen LogP) is 2.72. The van der Waals surface area contributed by atoms with E-state index in [-0.39, 0.29) is 0 Å². The highest BCUT2D eigenvalue weighted by atomic mass is 15.2. The van der Waals surface area contributed by atoms with Crippen LogP contribution in [-0.4, -0.2) is 21.3 Å². The Balaban J connectivity index is 2.12. The third kappa shape index (κ3) is 3.45. The van der Waals surface area contributed by atoms with E-state index in [1.54, 1.807) is 0 Å². The molecule has 2 aromatic rings. The van der Waals surface area contributed by atoms with Gasteiger partial charge in [0, 0.05) is 25.1 Å². The lowest BCUT2D eigenvalue weighted by Crippen LogP contribution is -2.23. The number of rotatable bonds is 6. The average molecular weight is 272 g/mol. The molecule has 2 rings (SSSR count). The molecule has 2 aromatic heterocycles. The quantitative estimate of drug-likeness (QED) is 0.879. The first-order valence-corrected chi connectivity index (χ1v) is 7.25. The zero-order valence-corrected chi connectivity index (χ0v) is 12.8. The first-order chi connectivity index (χ1) is 9.61. The van der Waals surface area contributed by atoms with Crippen molar-refractivity contribution < 1.29 is 0 Å². The Labute approximate surface area is 121 Å². The average Bonchev–Trinajstić information content (AvgIpc) is 2.81. The Morgan fingerprint density at radius 3 is 2.75 bits per heavy atom. The van der Waals surface area contributed by atoms with Crippen molar-refractivity contribution in [2.75, 3.05) is 6.54 Å². The van der Waals surface area contributed by atoms with E-state index in [0.29, 0.717) is 6.04 Å². The molecule has 4 nitrogen and oxygen atoms in total. The van der Waals surface area contributed by atoms with Crippen molar-refractivity contribution in [2.24, 2.45) is 7.05 Å². The molecule has 0 aliphatic carbocycles.